The third kappa shape index (κ3) is 3.06. The summed E-state index contributed by atoms with van der Waals surface area (Å²) in [4.78, 5) is 26.1. The molecule has 1 aliphatic heterocycles. The van der Waals surface area contributed by atoms with Crippen molar-refractivity contribution in [2.24, 2.45) is 5.92 Å². The molecule has 1 N–H and O–H groups in total. The molecule has 2 unspecified atom stereocenters. The first-order valence-corrected chi connectivity index (χ1v) is 7.21. The van der Waals surface area contributed by atoms with Crippen LogP contribution >= 0.6 is 0 Å². The van der Waals surface area contributed by atoms with Crippen molar-refractivity contribution in [2.75, 3.05) is 4.90 Å². The van der Waals surface area contributed by atoms with Crippen LogP contribution in [0.15, 0.2) is 18.2 Å². The van der Waals surface area contributed by atoms with Crippen LogP contribution < -0.4 is 10.2 Å². The van der Waals surface area contributed by atoms with Gasteiger partial charge in [0.1, 0.15) is 17.9 Å². The van der Waals surface area contributed by atoms with Gasteiger partial charge in [-0.25, -0.2) is 4.39 Å². The van der Waals surface area contributed by atoms with Crippen LogP contribution in [0.2, 0.25) is 0 Å². The van der Waals surface area contributed by atoms with Crippen LogP contribution in [0.4, 0.5) is 10.1 Å². The molecule has 1 fully saturated rings. The largest absolute Gasteiger partial charge is 0.342 e. The second kappa shape index (κ2) is 5.84. The minimum Gasteiger partial charge on any atom is -0.342 e. The zero-order valence-corrected chi connectivity index (χ0v) is 12.8. The number of hydrogen-bond acceptors (Lipinski definition) is 2. The van der Waals surface area contributed by atoms with Crippen molar-refractivity contribution >= 4 is 17.5 Å². The molecular weight excluding hydrogens is 271 g/mol. The van der Waals surface area contributed by atoms with Crippen molar-refractivity contribution in [1.82, 2.24) is 5.32 Å². The third-order valence-corrected chi connectivity index (χ3v) is 3.76. The second-order valence-electron chi connectivity index (χ2n) is 6.01. The van der Waals surface area contributed by atoms with Crippen LogP contribution in [0, 0.1) is 18.7 Å². The summed E-state index contributed by atoms with van der Waals surface area (Å²) in [5.41, 5.74) is 0.943. The molecule has 1 saturated heterocycles. The molecule has 5 heteroatoms. The lowest BCUT2D eigenvalue weighted by atomic mass is 9.98. The van der Waals surface area contributed by atoms with Crippen molar-refractivity contribution in [3.05, 3.63) is 29.6 Å². The fourth-order valence-corrected chi connectivity index (χ4v) is 2.54. The lowest BCUT2D eigenvalue weighted by Gasteiger charge is -2.38. The van der Waals surface area contributed by atoms with Crippen molar-refractivity contribution in [3.8, 4) is 0 Å². The number of aryl methyl sites for hydroxylation is 1. The van der Waals surface area contributed by atoms with Crippen molar-refractivity contribution in [2.45, 2.75) is 46.2 Å². The number of halogens is 1. The summed E-state index contributed by atoms with van der Waals surface area (Å²) in [7, 11) is 0. The highest BCUT2D eigenvalue weighted by Crippen LogP contribution is 2.25. The quantitative estimate of drug-likeness (QED) is 0.930. The molecule has 2 atom stereocenters. The molecule has 1 aromatic rings. The van der Waals surface area contributed by atoms with Gasteiger partial charge < -0.3 is 5.32 Å². The van der Waals surface area contributed by atoms with E-state index in [-0.39, 0.29) is 23.5 Å². The molecule has 0 aliphatic carbocycles. The van der Waals surface area contributed by atoms with E-state index >= 15 is 0 Å². The monoisotopic (exact) mass is 292 g/mol. The number of anilines is 1. The predicted molar refractivity (Wildman–Crippen MR) is 79.5 cm³/mol. The average Bonchev–Trinajstić information content (AvgIpc) is 2.40. The third-order valence-electron chi connectivity index (χ3n) is 3.76. The number of carbonyl (C=O) groups excluding carboxylic acids is 2. The van der Waals surface area contributed by atoms with E-state index in [1.54, 1.807) is 26.0 Å². The van der Waals surface area contributed by atoms with Crippen LogP contribution in [-0.2, 0) is 9.59 Å². The Hall–Kier alpha value is -1.91. The number of piperazine rings is 1. The molecule has 2 rings (SSSR count). The zero-order chi connectivity index (χ0) is 15.7. The van der Waals surface area contributed by atoms with Gasteiger partial charge in [-0.3, -0.25) is 14.5 Å². The standard InChI is InChI=1S/C16H21FN2O2/c1-9(2)7-14-16(21)19(11(4)15(20)18-14)12-6-5-10(3)13(17)8-12/h5-6,8-9,11,14H,7H2,1-4H3,(H,18,20). The van der Waals surface area contributed by atoms with E-state index in [1.807, 2.05) is 13.8 Å². The van der Waals surface area contributed by atoms with E-state index in [9.17, 15) is 14.0 Å². The number of rotatable bonds is 3. The van der Waals surface area contributed by atoms with Crippen LogP contribution in [-0.4, -0.2) is 23.9 Å². The maximum Gasteiger partial charge on any atom is 0.250 e. The summed E-state index contributed by atoms with van der Waals surface area (Å²) in [6.07, 6.45) is 0.572. The van der Waals surface area contributed by atoms with Crippen LogP contribution in [0.3, 0.4) is 0 Å². The maximum absolute atomic E-state index is 13.8. The first-order valence-electron chi connectivity index (χ1n) is 7.21. The first kappa shape index (κ1) is 15.5. The Kier molecular flexibility index (Phi) is 4.30. The van der Waals surface area contributed by atoms with Gasteiger partial charge in [-0.05, 0) is 43.9 Å². The molecule has 0 aromatic heterocycles. The van der Waals surface area contributed by atoms with Gasteiger partial charge in [0.25, 0.3) is 0 Å². The van der Waals surface area contributed by atoms with Gasteiger partial charge >= 0.3 is 0 Å². The summed E-state index contributed by atoms with van der Waals surface area (Å²) in [6, 6.07) is 3.43. The summed E-state index contributed by atoms with van der Waals surface area (Å²) in [6.45, 7) is 7.30. The predicted octanol–water partition coefficient (Wildman–Crippen LogP) is 2.40. The van der Waals surface area contributed by atoms with E-state index in [1.165, 1.54) is 11.0 Å². The molecule has 2 amide bonds. The van der Waals surface area contributed by atoms with Crippen LogP contribution in [0.25, 0.3) is 0 Å². The Balaban J connectivity index is 2.36. The SMILES string of the molecule is Cc1ccc(N2C(=O)C(CC(C)C)NC(=O)C2C)cc1F. The minimum atomic E-state index is -0.636. The topological polar surface area (TPSA) is 49.4 Å². The summed E-state index contributed by atoms with van der Waals surface area (Å²) >= 11 is 0. The Labute approximate surface area is 124 Å². The molecular formula is C16H21FN2O2. The van der Waals surface area contributed by atoms with Crippen molar-refractivity contribution in [1.29, 1.82) is 0 Å². The molecule has 1 aliphatic rings. The number of amides is 2. The average molecular weight is 292 g/mol. The van der Waals surface area contributed by atoms with Gasteiger partial charge in [0.05, 0.1) is 0 Å². The highest BCUT2D eigenvalue weighted by atomic mass is 19.1. The summed E-state index contributed by atoms with van der Waals surface area (Å²) in [5, 5.41) is 2.75. The Morgan fingerprint density at radius 1 is 1.33 bits per heavy atom. The molecule has 1 aromatic carbocycles. The summed E-state index contributed by atoms with van der Waals surface area (Å²) < 4.78 is 13.8. The smallest absolute Gasteiger partial charge is 0.250 e. The van der Waals surface area contributed by atoms with E-state index in [0.29, 0.717) is 17.7 Å². The maximum atomic E-state index is 13.8. The van der Waals surface area contributed by atoms with Crippen molar-refractivity contribution < 1.29 is 14.0 Å². The Morgan fingerprint density at radius 3 is 2.57 bits per heavy atom. The first-order chi connectivity index (χ1) is 9.81. The molecule has 1 heterocycles. The Bertz CT molecular complexity index is 571. The van der Waals surface area contributed by atoms with Gasteiger partial charge in [0.15, 0.2) is 0 Å². The zero-order valence-electron chi connectivity index (χ0n) is 12.8. The minimum absolute atomic E-state index is 0.181. The van der Waals surface area contributed by atoms with Crippen molar-refractivity contribution in [3.63, 3.8) is 0 Å². The summed E-state index contributed by atoms with van der Waals surface area (Å²) in [5.74, 6) is -0.483. The van der Waals surface area contributed by atoms with Gasteiger partial charge in [0.2, 0.25) is 11.8 Å². The highest BCUT2D eigenvalue weighted by molar-refractivity contribution is 6.08. The molecule has 4 nitrogen and oxygen atoms in total. The number of hydrogen-bond donors (Lipinski definition) is 1. The number of benzene rings is 1. The van der Waals surface area contributed by atoms with Gasteiger partial charge in [-0.2, -0.15) is 0 Å². The van der Waals surface area contributed by atoms with E-state index in [0.717, 1.165) is 0 Å². The lowest BCUT2D eigenvalue weighted by molar-refractivity contribution is -0.133. The molecule has 0 spiro atoms. The van der Waals surface area contributed by atoms with E-state index in [2.05, 4.69) is 5.32 Å². The highest BCUT2D eigenvalue weighted by Gasteiger charge is 2.39. The van der Waals surface area contributed by atoms with Gasteiger partial charge in [-0.1, -0.05) is 19.9 Å². The Morgan fingerprint density at radius 2 is 2.00 bits per heavy atom. The fraction of sp³-hybridized carbons (Fsp3) is 0.500. The fourth-order valence-electron chi connectivity index (χ4n) is 2.54. The molecule has 0 radical (unpaired) electrons. The number of nitrogens with zero attached hydrogens (tertiary/aromatic N) is 1. The van der Waals surface area contributed by atoms with Gasteiger partial charge in [0, 0.05) is 5.69 Å². The lowest BCUT2D eigenvalue weighted by Crippen LogP contribution is -2.63. The molecule has 114 valence electrons. The molecule has 0 saturated carbocycles. The van der Waals surface area contributed by atoms with Crippen LogP contribution in [0.5, 0.6) is 0 Å². The van der Waals surface area contributed by atoms with Crippen LogP contribution in [0.1, 0.15) is 32.8 Å². The number of nitrogens with one attached hydrogen (secondary N) is 1. The van der Waals surface area contributed by atoms with Gasteiger partial charge in [-0.15, -0.1) is 0 Å². The van der Waals surface area contributed by atoms with E-state index in [4.69, 9.17) is 0 Å². The molecule has 0 bridgehead atoms. The molecule has 21 heavy (non-hydrogen) atoms. The number of carbonyl (C=O) groups is 2. The van der Waals surface area contributed by atoms with E-state index < -0.39 is 12.1 Å². The second-order valence-corrected chi connectivity index (χ2v) is 6.01. The normalized spacial score (nSPS) is 22.7.